The van der Waals surface area contributed by atoms with Crippen LogP contribution in [0.5, 0.6) is 0 Å². The molecule has 20 heavy (non-hydrogen) atoms. The fourth-order valence-corrected chi connectivity index (χ4v) is 4.08. The van der Waals surface area contributed by atoms with Gasteiger partial charge in [0, 0.05) is 31.2 Å². The monoisotopic (exact) mass is 290 g/mol. The standard InChI is InChI=1S/C14H18N4OS/c1-13-3-6-17(10-15)9-14(13,2)11(19)18(7-4-13)12-16-5-8-20-12/h5,8H,3-4,6-7,9H2,1-2H3. The van der Waals surface area contributed by atoms with Crippen molar-refractivity contribution in [2.75, 3.05) is 24.5 Å². The summed E-state index contributed by atoms with van der Waals surface area (Å²) in [5, 5.41) is 11.8. The van der Waals surface area contributed by atoms with Gasteiger partial charge in [0.25, 0.3) is 0 Å². The second-order valence-corrected chi connectivity index (χ2v) is 7.06. The molecule has 3 rings (SSSR count). The minimum Gasteiger partial charge on any atom is -0.310 e. The quantitative estimate of drug-likeness (QED) is 0.743. The lowest BCUT2D eigenvalue weighted by molar-refractivity contribution is -0.144. The van der Waals surface area contributed by atoms with Crippen LogP contribution in [0.2, 0.25) is 0 Å². The lowest BCUT2D eigenvalue weighted by Gasteiger charge is -2.55. The minimum absolute atomic E-state index is 0.0226. The minimum atomic E-state index is -0.509. The van der Waals surface area contributed by atoms with Crippen LogP contribution in [0.1, 0.15) is 26.7 Å². The molecule has 1 aromatic heterocycles. The number of piperidine rings is 2. The van der Waals surface area contributed by atoms with Crippen molar-refractivity contribution in [2.45, 2.75) is 26.7 Å². The van der Waals surface area contributed by atoms with Gasteiger partial charge in [-0.25, -0.2) is 4.98 Å². The highest BCUT2D eigenvalue weighted by molar-refractivity contribution is 7.13. The van der Waals surface area contributed by atoms with Gasteiger partial charge < -0.3 is 4.90 Å². The molecule has 1 aromatic rings. The molecule has 6 heteroatoms. The predicted octanol–water partition coefficient (Wildman–Crippen LogP) is 2.08. The molecule has 1 amide bonds. The van der Waals surface area contributed by atoms with E-state index in [0.717, 1.165) is 31.1 Å². The van der Waals surface area contributed by atoms with Gasteiger partial charge in [-0.2, -0.15) is 5.26 Å². The second-order valence-electron chi connectivity index (χ2n) is 6.19. The van der Waals surface area contributed by atoms with Crippen LogP contribution in [0.15, 0.2) is 11.6 Å². The summed E-state index contributed by atoms with van der Waals surface area (Å²) in [5.74, 6) is 0.112. The zero-order valence-electron chi connectivity index (χ0n) is 11.8. The van der Waals surface area contributed by atoms with Crippen LogP contribution in [0.3, 0.4) is 0 Å². The Hall–Kier alpha value is -1.61. The fourth-order valence-electron chi connectivity index (χ4n) is 3.41. The third-order valence-corrected chi connectivity index (χ3v) is 5.96. The number of hydrogen-bond donors (Lipinski definition) is 0. The van der Waals surface area contributed by atoms with E-state index in [1.165, 1.54) is 11.3 Å². The van der Waals surface area contributed by atoms with Crippen molar-refractivity contribution < 1.29 is 4.79 Å². The summed E-state index contributed by atoms with van der Waals surface area (Å²) in [6.07, 6.45) is 5.79. The van der Waals surface area contributed by atoms with E-state index in [2.05, 4.69) is 18.1 Å². The summed E-state index contributed by atoms with van der Waals surface area (Å²) < 4.78 is 0. The van der Waals surface area contributed by atoms with Gasteiger partial charge in [-0.05, 0) is 25.2 Å². The number of carbonyl (C=O) groups excluding carboxylic acids is 1. The zero-order chi connectivity index (χ0) is 14.4. The van der Waals surface area contributed by atoms with Crippen molar-refractivity contribution in [3.63, 3.8) is 0 Å². The summed E-state index contributed by atoms with van der Waals surface area (Å²) in [7, 11) is 0. The predicted molar refractivity (Wildman–Crippen MR) is 77.1 cm³/mol. The van der Waals surface area contributed by atoms with Gasteiger partial charge in [0.15, 0.2) is 11.3 Å². The molecule has 0 radical (unpaired) electrons. The van der Waals surface area contributed by atoms with Crippen molar-refractivity contribution in [1.82, 2.24) is 9.88 Å². The number of amides is 1. The number of nitrogens with zero attached hydrogens (tertiary/aromatic N) is 4. The summed E-state index contributed by atoms with van der Waals surface area (Å²) >= 11 is 1.49. The molecule has 0 aliphatic carbocycles. The highest BCUT2D eigenvalue weighted by atomic mass is 32.1. The Kier molecular flexibility index (Phi) is 2.98. The van der Waals surface area contributed by atoms with Crippen LogP contribution >= 0.6 is 11.3 Å². The van der Waals surface area contributed by atoms with Crippen molar-refractivity contribution in [2.24, 2.45) is 10.8 Å². The van der Waals surface area contributed by atoms with E-state index in [4.69, 9.17) is 5.26 Å². The van der Waals surface area contributed by atoms with Gasteiger partial charge in [-0.1, -0.05) is 6.92 Å². The molecule has 2 unspecified atom stereocenters. The molecule has 2 atom stereocenters. The van der Waals surface area contributed by atoms with E-state index in [1.54, 1.807) is 16.0 Å². The number of nitriles is 1. The summed E-state index contributed by atoms with van der Waals surface area (Å²) in [4.78, 5) is 20.8. The molecule has 3 heterocycles. The Balaban J connectivity index is 1.96. The Morgan fingerprint density at radius 1 is 1.40 bits per heavy atom. The van der Waals surface area contributed by atoms with Crippen molar-refractivity contribution in [1.29, 1.82) is 5.26 Å². The normalized spacial score (nSPS) is 33.8. The Morgan fingerprint density at radius 3 is 2.80 bits per heavy atom. The lowest BCUT2D eigenvalue weighted by atomic mass is 9.57. The third-order valence-electron chi connectivity index (χ3n) is 5.17. The van der Waals surface area contributed by atoms with Crippen LogP contribution < -0.4 is 4.90 Å². The first-order valence-electron chi connectivity index (χ1n) is 6.86. The van der Waals surface area contributed by atoms with Gasteiger partial charge in [0.05, 0.1) is 5.41 Å². The summed E-state index contributed by atoms with van der Waals surface area (Å²) in [5.41, 5.74) is -0.532. The molecule has 0 N–H and O–H groups in total. The van der Waals surface area contributed by atoms with Crippen molar-refractivity contribution in [3.8, 4) is 6.19 Å². The molecule has 0 bridgehead atoms. The SMILES string of the molecule is CC12CCN(C#N)CC1(C)C(=O)N(c1nccs1)CC2. The van der Waals surface area contributed by atoms with E-state index in [-0.39, 0.29) is 11.3 Å². The summed E-state index contributed by atoms with van der Waals surface area (Å²) in [6.45, 7) is 6.20. The smallest absolute Gasteiger partial charge is 0.237 e. The highest BCUT2D eigenvalue weighted by Gasteiger charge is 2.57. The fraction of sp³-hybridized carbons (Fsp3) is 0.643. The van der Waals surface area contributed by atoms with E-state index >= 15 is 0 Å². The first kappa shape index (κ1) is 13.4. The van der Waals surface area contributed by atoms with Crippen LogP contribution in [-0.2, 0) is 4.79 Å². The topological polar surface area (TPSA) is 60.2 Å². The number of hydrogen-bond acceptors (Lipinski definition) is 5. The van der Waals surface area contributed by atoms with Crippen molar-refractivity contribution in [3.05, 3.63) is 11.6 Å². The number of rotatable bonds is 1. The Morgan fingerprint density at radius 2 is 2.15 bits per heavy atom. The molecule has 0 aromatic carbocycles. The molecular weight excluding hydrogens is 272 g/mol. The molecule has 2 saturated heterocycles. The van der Waals surface area contributed by atoms with Crippen LogP contribution in [0, 0.1) is 22.3 Å². The van der Waals surface area contributed by atoms with Crippen LogP contribution in [-0.4, -0.2) is 35.4 Å². The first-order valence-corrected chi connectivity index (χ1v) is 7.74. The maximum Gasteiger partial charge on any atom is 0.237 e. The van der Waals surface area contributed by atoms with Crippen LogP contribution in [0.25, 0.3) is 0 Å². The van der Waals surface area contributed by atoms with E-state index in [0.29, 0.717) is 6.54 Å². The number of thiazole rings is 1. The number of anilines is 1. The first-order chi connectivity index (χ1) is 9.50. The van der Waals surface area contributed by atoms with Gasteiger partial charge in [0.1, 0.15) is 0 Å². The van der Waals surface area contributed by atoms with Gasteiger partial charge in [0.2, 0.25) is 5.91 Å². The third kappa shape index (κ3) is 1.73. The Labute approximate surface area is 122 Å². The molecule has 0 saturated carbocycles. The Bertz CT molecular complexity index is 566. The number of aromatic nitrogens is 1. The summed E-state index contributed by atoms with van der Waals surface area (Å²) in [6, 6.07) is 0. The molecular formula is C14H18N4OS. The number of carbonyl (C=O) groups is 1. The molecule has 2 fully saturated rings. The number of fused-ring (bicyclic) bond motifs is 1. The largest absolute Gasteiger partial charge is 0.310 e. The maximum absolute atomic E-state index is 13.0. The molecule has 2 aliphatic rings. The molecule has 5 nitrogen and oxygen atoms in total. The molecule has 106 valence electrons. The van der Waals surface area contributed by atoms with E-state index in [9.17, 15) is 4.79 Å². The maximum atomic E-state index is 13.0. The highest BCUT2D eigenvalue weighted by Crippen LogP contribution is 2.52. The van der Waals surface area contributed by atoms with E-state index in [1.807, 2.05) is 12.3 Å². The van der Waals surface area contributed by atoms with Crippen molar-refractivity contribution >= 4 is 22.4 Å². The van der Waals surface area contributed by atoms with Crippen LogP contribution in [0.4, 0.5) is 5.13 Å². The molecule has 2 aliphatic heterocycles. The number of likely N-dealkylation sites (tertiary alicyclic amines) is 1. The molecule has 0 spiro atoms. The van der Waals surface area contributed by atoms with Gasteiger partial charge >= 0.3 is 0 Å². The average molecular weight is 290 g/mol. The average Bonchev–Trinajstić information content (AvgIpc) is 2.95. The lowest BCUT2D eigenvalue weighted by Crippen LogP contribution is -2.64. The van der Waals surface area contributed by atoms with Gasteiger partial charge in [-0.3, -0.25) is 9.69 Å². The second kappa shape index (κ2) is 4.45. The van der Waals surface area contributed by atoms with E-state index < -0.39 is 5.41 Å². The van der Waals surface area contributed by atoms with Gasteiger partial charge in [-0.15, -0.1) is 11.3 Å². The zero-order valence-corrected chi connectivity index (χ0v) is 12.6.